The lowest BCUT2D eigenvalue weighted by Crippen LogP contribution is -2.35. The Hall–Kier alpha value is -0.0800. The minimum absolute atomic E-state index is 0.668. The maximum absolute atomic E-state index is 3.56. The van der Waals surface area contributed by atoms with Gasteiger partial charge in [-0.1, -0.05) is 20.3 Å². The highest BCUT2D eigenvalue weighted by Gasteiger charge is 2.24. The number of hydrogen-bond donors (Lipinski definition) is 1. The van der Waals surface area contributed by atoms with E-state index in [1.54, 1.807) is 0 Å². The van der Waals surface area contributed by atoms with Gasteiger partial charge < -0.3 is 5.32 Å². The van der Waals surface area contributed by atoms with E-state index in [0.29, 0.717) is 6.17 Å². The van der Waals surface area contributed by atoms with Crippen LogP contribution in [-0.2, 0) is 0 Å². The van der Waals surface area contributed by atoms with Crippen molar-refractivity contribution in [3.05, 3.63) is 0 Å². The number of rotatable bonds is 6. The third kappa shape index (κ3) is 3.21. The topological polar surface area (TPSA) is 15.0 Å². The zero-order valence-corrected chi connectivity index (χ0v) is 7.77. The molecule has 0 aromatic heterocycles. The number of nitrogens with zero attached hydrogens (tertiary/aromatic N) is 1. The highest BCUT2D eigenvalue weighted by atomic mass is 15.4. The molecule has 11 heavy (non-hydrogen) atoms. The van der Waals surface area contributed by atoms with Crippen LogP contribution >= 0.6 is 0 Å². The molecule has 1 N–H and O–H groups in total. The molecule has 0 saturated carbocycles. The molecule has 0 aromatic carbocycles. The van der Waals surface area contributed by atoms with Gasteiger partial charge in [-0.2, -0.15) is 0 Å². The van der Waals surface area contributed by atoms with E-state index in [2.05, 4.69) is 24.1 Å². The highest BCUT2D eigenvalue weighted by molar-refractivity contribution is 4.79. The molecular formula is C9H20N2. The predicted octanol–water partition coefficient (Wildman–Crippen LogP) is 1.43. The van der Waals surface area contributed by atoms with Gasteiger partial charge in [0.05, 0.1) is 6.17 Å². The molecule has 0 bridgehead atoms. The minimum atomic E-state index is 0.668. The van der Waals surface area contributed by atoms with Gasteiger partial charge in [-0.25, -0.2) is 0 Å². The van der Waals surface area contributed by atoms with Gasteiger partial charge in [-0.3, -0.25) is 4.90 Å². The molecule has 0 amide bonds. The van der Waals surface area contributed by atoms with Crippen molar-refractivity contribution >= 4 is 0 Å². The fourth-order valence-corrected chi connectivity index (χ4v) is 1.35. The van der Waals surface area contributed by atoms with Gasteiger partial charge in [0, 0.05) is 13.1 Å². The molecule has 1 aliphatic rings. The van der Waals surface area contributed by atoms with Crippen molar-refractivity contribution in [2.45, 2.75) is 39.3 Å². The standard InChI is InChI=1S/C9H20N2/c1-3-5-6-10-9(4-2)11-7-8-11/h9-10H,3-8H2,1-2H3. The van der Waals surface area contributed by atoms with Gasteiger partial charge in [-0.15, -0.1) is 0 Å². The molecule has 1 atom stereocenters. The SMILES string of the molecule is CCCCNC(CC)N1CC1. The van der Waals surface area contributed by atoms with Crippen LogP contribution in [0.15, 0.2) is 0 Å². The van der Waals surface area contributed by atoms with Crippen molar-refractivity contribution in [1.29, 1.82) is 0 Å². The van der Waals surface area contributed by atoms with Gasteiger partial charge in [0.1, 0.15) is 0 Å². The molecule has 1 fully saturated rings. The van der Waals surface area contributed by atoms with Crippen LogP contribution in [-0.4, -0.2) is 30.7 Å². The average Bonchev–Trinajstić information content (AvgIpc) is 2.81. The second kappa shape index (κ2) is 4.73. The van der Waals surface area contributed by atoms with Gasteiger partial charge in [0.2, 0.25) is 0 Å². The summed E-state index contributed by atoms with van der Waals surface area (Å²) in [6, 6.07) is 0. The first-order valence-electron chi connectivity index (χ1n) is 4.86. The first kappa shape index (κ1) is 9.01. The smallest absolute Gasteiger partial charge is 0.0595 e. The summed E-state index contributed by atoms with van der Waals surface area (Å²) in [7, 11) is 0. The second-order valence-electron chi connectivity index (χ2n) is 3.27. The van der Waals surface area contributed by atoms with Crippen molar-refractivity contribution < 1.29 is 0 Å². The lowest BCUT2D eigenvalue weighted by atomic mass is 10.3. The Balaban J connectivity index is 2.01. The molecule has 2 nitrogen and oxygen atoms in total. The summed E-state index contributed by atoms with van der Waals surface area (Å²) in [6.07, 6.45) is 4.51. The third-order valence-corrected chi connectivity index (χ3v) is 2.22. The molecular weight excluding hydrogens is 136 g/mol. The molecule has 1 rings (SSSR count). The van der Waals surface area contributed by atoms with Crippen molar-refractivity contribution in [2.24, 2.45) is 0 Å². The molecule has 1 unspecified atom stereocenters. The van der Waals surface area contributed by atoms with Crippen LogP contribution < -0.4 is 5.32 Å². The fraction of sp³-hybridized carbons (Fsp3) is 1.00. The van der Waals surface area contributed by atoms with Crippen molar-refractivity contribution in [1.82, 2.24) is 10.2 Å². The lowest BCUT2D eigenvalue weighted by molar-refractivity contribution is 0.319. The Bertz CT molecular complexity index is 99.7. The largest absolute Gasteiger partial charge is 0.302 e. The maximum atomic E-state index is 3.56. The van der Waals surface area contributed by atoms with Crippen LogP contribution in [0.4, 0.5) is 0 Å². The van der Waals surface area contributed by atoms with E-state index in [-0.39, 0.29) is 0 Å². The Morgan fingerprint density at radius 2 is 2.09 bits per heavy atom. The van der Waals surface area contributed by atoms with E-state index in [0.717, 1.165) is 0 Å². The van der Waals surface area contributed by atoms with Crippen LogP contribution in [0.1, 0.15) is 33.1 Å². The van der Waals surface area contributed by atoms with E-state index in [9.17, 15) is 0 Å². The van der Waals surface area contributed by atoms with E-state index in [4.69, 9.17) is 0 Å². The molecule has 66 valence electrons. The molecule has 0 aromatic rings. The predicted molar refractivity (Wildman–Crippen MR) is 48.6 cm³/mol. The van der Waals surface area contributed by atoms with Crippen molar-refractivity contribution in [3.8, 4) is 0 Å². The summed E-state index contributed by atoms with van der Waals surface area (Å²) < 4.78 is 0. The van der Waals surface area contributed by atoms with Crippen LogP contribution in [0.3, 0.4) is 0 Å². The number of hydrogen-bond acceptors (Lipinski definition) is 2. The van der Waals surface area contributed by atoms with Gasteiger partial charge >= 0.3 is 0 Å². The molecule has 1 saturated heterocycles. The first-order valence-corrected chi connectivity index (χ1v) is 4.86. The zero-order chi connectivity index (χ0) is 8.10. The summed E-state index contributed by atoms with van der Waals surface area (Å²) in [6.45, 7) is 8.28. The minimum Gasteiger partial charge on any atom is -0.302 e. The lowest BCUT2D eigenvalue weighted by Gasteiger charge is -2.17. The molecule has 1 heterocycles. The molecule has 1 aliphatic heterocycles. The van der Waals surface area contributed by atoms with E-state index >= 15 is 0 Å². The Morgan fingerprint density at radius 1 is 1.36 bits per heavy atom. The monoisotopic (exact) mass is 156 g/mol. The number of unbranched alkanes of at least 4 members (excludes halogenated alkanes) is 1. The fourth-order valence-electron chi connectivity index (χ4n) is 1.35. The summed E-state index contributed by atoms with van der Waals surface area (Å²) in [4.78, 5) is 2.48. The summed E-state index contributed by atoms with van der Waals surface area (Å²) >= 11 is 0. The Morgan fingerprint density at radius 3 is 2.55 bits per heavy atom. The summed E-state index contributed by atoms with van der Waals surface area (Å²) in [5.41, 5.74) is 0. The van der Waals surface area contributed by atoms with Crippen LogP contribution in [0.2, 0.25) is 0 Å². The van der Waals surface area contributed by atoms with Crippen molar-refractivity contribution in [3.63, 3.8) is 0 Å². The van der Waals surface area contributed by atoms with Gasteiger partial charge in [0.15, 0.2) is 0 Å². The number of nitrogens with one attached hydrogen (secondary N) is 1. The molecule has 0 spiro atoms. The highest BCUT2D eigenvalue weighted by Crippen LogP contribution is 2.10. The van der Waals surface area contributed by atoms with E-state index in [1.807, 2.05) is 0 Å². The quantitative estimate of drug-likeness (QED) is 0.462. The molecule has 2 heteroatoms. The maximum Gasteiger partial charge on any atom is 0.0595 e. The van der Waals surface area contributed by atoms with Crippen LogP contribution in [0.25, 0.3) is 0 Å². The molecule has 0 radical (unpaired) electrons. The average molecular weight is 156 g/mol. The summed E-state index contributed by atoms with van der Waals surface area (Å²) in [5.74, 6) is 0. The molecule has 0 aliphatic carbocycles. The van der Waals surface area contributed by atoms with Crippen molar-refractivity contribution in [2.75, 3.05) is 19.6 Å². The van der Waals surface area contributed by atoms with Gasteiger partial charge in [0.25, 0.3) is 0 Å². The Kier molecular flexibility index (Phi) is 3.87. The zero-order valence-electron chi connectivity index (χ0n) is 7.77. The van der Waals surface area contributed by atoms with Crippen LogP contribution in [0.5, 0.6) is 0 Å². The Labute approximate surface area is 70.0 Å². The van der Waals surface area contributed by atoms with E-state index < -0.39 is 0 Å². The van der Waals surface area contributed by atoms with Crippen LogP contribution in [0, 0.1) is 0 Å². The first-order chi connectivity index (χ1) is 5.38. The van der Waals surface area contributed by atoms with E-state index in [1.165, 1.54) is 38.9 Å². The third-order valence-electron chi connectivity index (χ3n) is 2.22. The normalized spacial score (nSPS) is 20.2. The summed E-state index contributed by atoms with van der Waals surface area (Å²) in [5, 5.41) is 3.56. The second-order valence-corrected chi connectivity index (χ2v) is 3.27. The van der Waals surface area contributed by atoms with Gasteiger partial charge in [-0.05, 0) is 19.4 Å².